The quantitative estimate of drug-likeness (QED) is 0.181. The molecule has 1 aliphatic rings. The summed E-state index contributed by atoms with van der Waals surface area (Å²) in [5.74, 6) is -0.127. The van der Waals surface area contributed by atoms with E-state index in [0.717, 1.165) is 53.0 Å². The van der Waals surface area contributed by atoms with E-state index in [-0.39, 0.29) is 23.3 Å². The van der Waals surface area contributed by atoms with Crippen molar-refractivity contribution >= 4 is 21.8 Å². The maximum absolute atomic E-state index is 13.5. The lowest BCUT2D eigenvalue weighted by atomic mass is 9.99. The number of sulfonamides is 1. The monoisotopic (exact) mass is 668 g/mol. The molecule has 1 heterocycles. The molecule has 1 saturated heterocycles. The number of carbonyl (C=O) groups excluding carboxylic acids is 2. The number of amides is 2. The summed E-state index contributed by atoms with van der Waals surface area (Å²) in [5, 5.41) is 8.30. The van der Waals surface area contributed by atoms with Gasteiger partial charge in [-0.05, 0) is 83.9 Å². The smallest absolute Gasteiger partial charge is 0.248 e. The van der Waals surface area contributed by atoms with Crippen LogP contribution in [0.25, 0.3) is 11.1 Å². The SMILES string of the molecule is NS(=O)(=O)c1ccc(CCN(Cc2cccc(-c3cccc(CC(=O)NCCN4CCCC4)c3)c2)C(=O)COCc2ccccc2)cc1. The zero-order valence-electron chi connectivity index (χ0n) is 27.2. The number of hydrogen-bond acceptors (Lipinski definition) is 6. The number of hydrogen-bond donors (Lipinski definition) is 2. The van der Waals surface area contributed by atoms with E-state index in [0.29, 0.717) is 39.1 Å². The van der Waals surface area contributed by atoms with Gasteiger partial charge < -0.3 is 19.9 Å². The van der Waals surface area contributed by atoms with Gasteiger partial charge in [-0.2, -0.15) is 0 Å². The third-order valence-electron chi connectivity index (χ3n) is 8.49. The highest BCUT2D eigenvalue weighted by Gasteiger charge is 2.16. The summed E-state index contributed by atoms with van der Waals surface area (Å²) in [7, 11) is -3.78. The maximum atomic E-state index is 13.5. The molecule has 4 aromatic rings. The van der Waals surface area contributed by atoms with Crippen LogP contribution in [0.1, 0.15) is 35.1 Å². The van der Waals surface area contributed by atoms with Crippen LogP contribution < -0.4 is 10.5 Å². The molecule has 0 saturated carbocycles. The van der Waals surface area contributed by atoms with E-state index in [4.69, 9.17) is 9.88 Å². The minimum Gasteiger partial charge on any atom is -0.367 e. The number of nitrogens with one attached hydrogen (secondary N) is 1. The Morgan fingerprint density at radius 1 is 0.792 bits per heavy atom. The summed E-state index contributed by atoms with van der Waals surface area (Å²) < 4.78 is 29.1. The van der Waals surface area contributed by atoms with E-state index in [9.17, 15) is 18.0 Å². The average molecular weight is 669 g/mol. The molecule has 0 aromatic heterocycles. The standard InChI is InChI=1S/C38H44N4O5S/c39-48(45,46)36-16-14-30(15-17-36)18-22-42(38(44)29-47-28-31-8-2-1-3-9-31)27-33-11-7-13-35(25-33)34-12-6-10-32(24-34)26-37(43)40-19-23-41-20-4-5-21-41/h1-3,6-17,24-25H,4-5,18-23,26-29H2,(H,40,43)(H2,39,45,46). The van der Waals surface area contributed by atoms with Crippen LogP contribution in [-0.2, 0) is 50.3 Å². The Balaban J connectivity index is 1.23. The highest BCUT2D eigenvalue weighted by Crippen LogP contribution is 2.23. The first-order chi connectivity index (χ1) is 23.2. The molecule has 252 valence electrons. The van der Waals surface area contributed by atoms with E-state index >= 15 is 0 Å². The van der Waals surface area contributed by atoms with Crippen molar-refractivity contribution < 1.29 is 22.7 Å². The lowest BCUT2D eigenvalue weighted by Crippen LogP contribution is -2.35. The molecular weight excluding hydrogens is 625 g/mol. The van der Waals surface area contributed by atoms with Gasteiger partial charge in [0, 0.05) is 26.2 Å². The Labute approximate surface area is 283 Å². The van der Waals surface area contributed by atoms with E-state index in [1.807, 2.05) is 72.8 Å². The highest BCUT2D eigenvalue weighted by atomic mass is 32.2. The summed E-state index contributed by atoms with van der Waals surface area (Å²) >= 11 is 0. The first kappa shape index (κ1) is 35.0. The second-order valence-electron chi connectivity index (χ2n) is 12.2. The minimum atomic E-state index is -3.78. The zero-order chi connectivity index (χ0) is 33.8. The number of primary sulfonamides is 1. The molecule has 0 aliphatic carbocycles. The van der Waals surface area contributed by atoms with Gasteiger partial charge in [0.25, 0.3) is 0 Å². The number of likely N-dealkylation sites (tertiary alicyclic amines) is 1. The molecular formula is C38H44N4O5S. The van der Waals surface area contributed by atoms with E-state index in [1.54, 1.807) is 17.0 Å². The van der Waals surface area contributed by atoms with Crippen LogP contribution in [0.2, 0.25) is 0 Å². The zero-order valence-corrected chi connectivity index (χ0v) is 28.0. The normalized spacial score (nSPS) is 13.4. The molecule has 5 rings (SSSR count). The van der Waals surface area contributed by atoms with Gasteiger partial charge in [-0.3, -0.25) is 9.59 Å². The average Bonchev–Trinajstić information content (AvgIpc) is 3.61. The molecule has 48 heavy (non-hydrogen) atoms. The fourth-order valence-electron chi connectivity index (χ4n) is 5.86. The van der Waals surface area contributed by atoms with Crippen molar-refractivity contribution in [3.8, 4) is 11.1 Å². The lowest BCUT2D eigenvalue weighted by molar-refractivity contribution is -0.137. The van der Waals surface area contributed by atoms with Gasteiger partial charge in [-0.15, -0.1) is 0 Å². The third kappa shape index (κ3) is 10.8. The molecule has 9 nitrogen and oxygen atoms in total. The Morgan fingerprint density at radius 3 is 2.12 bits per heavy atom. The molecule has 0 spiro atoms. The number of nitrogens with two attached hydrogens (primary N) is 1. The predicted molar refractivity (Wildman–Crippen MR) is 187 cm³/mol. The van der Waals surface area contributed by atoms with Crippen molar-refractivity contribution in [2.75, 3.05) is 39.3 Å². The van der Waals surface area contributed by atoms with E-state index < -0.39 is 10.0 Å². The molecule has 2 amide bonds. The fraction of sp³-hybridized carbons (Fsp3) is 0.316. The molecule has 3 N–H and O–H groups in total. The van der Waals surface area contributed by atoms with Crippen molar-refractivity contribution in [2.24, 2.45) is 5.14 Å². The van der Waals surface area contributed by atoms with E-state index in [2.05, 4.69) is 16.3 Å². The summed E-state index contributed by atoms with van der Waals surface area (Å²) in [6.45, 7) is 4.82. The van der Waals surface area contributed by atoms with Crippen LogP contribution >= 0.6 is 0 Å². The van der Waals surface area contributed by atoms with Crippen LogP contribution in [0.3, 0.4) is 0 Å². The molecule has 4 aromatic carbocycles. The van der Waals surface area contributed by atoms with Crippen LogP contribution in [0.4, 0.5) is 0 Å². The lowest BCUT2D eigenvalue weighted by Gasteiger charge is -2.23. The van der Waals surface area contributed by atoms with Crippen LogP contribution in [-0.4, -0.2) is 69.4 Å². The Bertz CT molecular complexity index is 1760. The van der Waals surface area contributed by atoms with Crippen molar-refractivity contribution in [3.05, 3.63) is 125 Å². The predicted octanol–water partition coefficient (Wildman–Crippen LogP) is 4.54. The fourth-order valence-corrected chi connectivity index (χ4v) is 6.38. The molecule has 0 bridgehead atoms. The third-order valence-corrected chi connectivity index (χ3v) is 9.42. The number of nitrogens with zero attached hydrogens (tertiary/aromatic N) is 2. The van der Waals surface area contributed by atoms with E-state index in [1.165, 1.54) is 25.0 Å². The summed E-state index contributed by atoms with van der Waals surface area (Å²) in [4.78, 5) is 30.3. The molecule has 10 heteroatoms. The van der Waals surface area contributed by atoms with Gasteiger partial charge in [-0.1, -0.05) is 84.9 Å². The molecule has 0 atom stereocenters. The molecule has 1 aliphatic heterocycles. The largest absolute Gasteiger partial charge is 0.367 e. The molecule has 0 radical (unpaired) electrons. The Hall–Kier alpha value is -4.35. The van der Waals surface area contributed by atoms with Gasteiger partial charge in [0.1, 0.15) is 6.61 Å². The van der Waals surface area contributed by atoms with Crippen molar-refractivity contribution in [3.63, 3.8) is 0 Å². The molecule has 1 fully saturated rings. The Kier molecular flexibility index (Phi) is 12.5. The van der Waals surface area contributed by atoms with Crippen molar-refractivity contribution in [2.45, 2.75) is 43.7 Å². The minimum absolute atomic E-state index is 0.0167. The number of rotatable bonds is 16. The second-order valence-corrected chi connectivity index (χ2v) is 13.8. The topological polar surface area (TPSA) is 122 Å². The number of carbonyl (C=O) groups is 2. The second kappa shape index (κ2) is 17.2. The highest BCUT2D eigenvalue weighted by molar-refractivity contribution is 7.89. The van der Waals surface area contributed by atoms with Crippen LogP contribution in [0, 0.1) is 0 Å². The maximum Gasteiger partial charge on any atom is 0.248 e. The first-order valence-corrected chi connectivity index (χ1v) is 18.0. The summed E-state index contributed by atoms with van der Waals surface area (Å²) in [5.41, 5.74) is 5.77. The van der Waals surface area contributed by atoms with Crippen molar-refractivity contribution in [1.29, 1.82) is 0 Å². The number of ether oxygens (including phenoxy) is 1. The van der Waals surface area contributed by atoms with Gasteiger partial charge >= 0.3 is 0 Å². The summed E-state index contributed by atoms with van der Waals surface area (Å²) in [6, 6.07) is 32.2. The number of benzene rings is 4. The molecule has 0 unspecified atom stereocenters. The van der Waals surface area contributed by atoms with Crippen LogP contribution in [0.5, 0.6) is 0 Å². The van der Waals surface area contributed by atoms with Gasteiger partial charge in [0.2, 0.25) is 21.8 Å². The van der Waals surface area contributed by atoms with Crippen LogP contribution in [0.15, 0.2) is 108 Å². The van der Waals surface area contributed by atoms with Gasteiger partial charge in [0.15, 0.2) is 0 Å². The van der Waals surface area contributed by atoms with Gasteiger partial charge in [-0.25, -0.2) is 13.6 Å². The first-order valence-electron chi connectivity index (χ1n) is 16.4. The van der Waals surface area contributed by atoms with Crippen molar-refractivity contribution in [1.82, 2.24) is 15.1 Å². The Morgan fingerprint density at radius 2 is 1.44 bits per heavy atom. The van der Waals surface area contributed by atoms with Gasteiger partial charge in [0.05, 0.1) is 17.9 Å². The summed E-state index contributed by atoms with van der Waals surface area (Å²) in [6.07, 6.45) is 3.31.